The maximum Gasteiger partial charge on any atom is 0.354 e. The van der Waals surface area contributed by atoms with Gasteiger partial charge in [0.2, 0.25) is 5.65 Å². The summed E-state index contributed by atoms with van der Waals surface area (Å²) in [6, 6.07) is 8.43. The Hall–Kier alpha value is -3.60. The summed E-state index contributed by atoms with van der Waals surface area (Å²) >= 11 is 0. The van der Waals surface area contributed by atoms with Gasteiger partial charge >= 0.3 is 5.69 Å². The zero-order valence-corrected chi connectivity index (χ0v) is 13.1. The molecule has 0 radical (unpaired) electrons. The fourth-order valence-corrected chi connectivity index (χ4v) is 2.27. The number of nitrogens with two attached hydrogens (primary N) is 1. The smallest absolute Gasteiger partial charge is 0.354 e. The van der Waals surface area contributed by atoms with E-state index in [1.807, 2.05) is 0 Å². The SMILES string of the molecule is COc1ccc(NNCc2cc(=O)n3[nH]c(N)c([N+](=O)[O-])c3n2)cc1. The molecule has 2 aromatic heterocycles. The quantitative estimate of drug-likeness (QED) is 0.375. The van der Waals surface area contributed by atoms with Crippen molar-refractivity contribution in [3.63, 3.8) is 0 Å². The van der Waals surface area contributed by atoms with Gasteiger partial charge in [0.1, 0.15) is 5.75 Å². The van der Waals surface area contributed by atoms with E-state index in [1.54, 1.807) is 31.4 Å². The number of nitrogens with zero attached hydrogens (tertiary/aromatic N) is 3. The molecule has 0 aliphatic carbocycles. The van der Waals surface area contributed by atoms with E-state index >= 15 is 0 Å². The molecule has 5 N–H and O–H groups in total. The van der Waals surface area contributed by atoms with E-state index in [1.165, 1.54) is 6.07 Å². The van der Waals surface area contributed by atoms with E-state index in [2.05, 4.69) is 20.9 Å². The molecule has 0 fully saturated rings. The molecule has 3 aromatic rings. The Bertz CT molecular complexity index is 977. The molecule has 0 aliphatic heterocycles. The molecule has 0 saturated heterocycles. The average Bonchev–Trinajstić information content (AvgIpc) is 2.92. The van der Waals surface area contributed by atoms with Crippen LogP contribution >= 0.6 is 0 Å². The highest BCUT2D eigenvalue weighted by Crippen LogP contribution is 2.23. The number of anilines is 2. The molecular formula is C14H15N7O4. The van der Waals surface area contributed by atoms with Crippen molar-refractivity contribution in [3.05, 3.63) is 56.5 Å². The number of hydrogen-bond donors (Lipinski definition) is 4. The van der Waals surface area contributed by atoms with Crippen LogP contribution in [0.1, 0.15) is 5.69 Å². The summed E-state index contributed by atoms with van der Waals surface area (Å²) < 4.78 is 6.00. The Morgan fingerprint density at radius 3 is 2.76 bits per heavy atom. The predicted molar refractivity (Wildman–Crippen MR) is 90.3 cm³/mol. The highest BCUT2D eigenvalue weighted by Gasteiger charge is 2.23. The number of nitrogens with one attached hydrogen (secondary N) is 3. The molecule has 0 amide bonds. The first kappa shape index (κ1) is 16.3. The zero-order chi connectivity index (χ0) is 18.0. The number of nitro groups is 1. The normalized spacial score (nSPS) is 10.8. The number of hydrogen-bond acceptors (Lipinski definition) is 8. The third-order valence-electron chi connectivity index (χ3n) is 3.45. The molecule has 0 unspecified atom stereocenters. The maximum atomic E-state index is 12.0. The summed E-state index contributed by atoms with van der Waals surface area (Å²) in [7, 11) is 1.58. The van der Waals surface area contributed by atoms with Crippen molar-refractivity contribution in [1.29, 1.82) is 0 Å². The Kier molecular flexibility index (Phi) is 4.22. The van der Waals surface area contributed by atoms with Crippen LogP contribution in [-0.4, -0.2) is 26.6 Å². The molecule has 2 heterocycles. The third-order valence-corrected chi connectivity index (χ3v) is 3.45. The van der Waals surface area contributed by atoms with Crippen molar-refractivity contribution in [3.8, 4) is 5.75 Å². The Labute approximate surface area is 140 Å². The minimum Gasteiger partial charge on any atom is -0.497 e. The van der Waals surface area contributed by atoms with Gasteiger partial charge in [-0.25, -0.2) is 10.4 Å². The standard InChI is InChI=1S/C14H15N7O4/c1-25-10-4-2-8(3-5-10)18-16-7-9-6-11(22)20-14(17-9)12(21(23)24)13(15)19-20/h2-6,16,18-19H,7,15H2,1H3. The monoisotopic (exact) mass is 345 g/mol. The second kappa shape index (κ2) is 6.49. The number of aromatic nitrogens is 3. The Morgan fingerprint density at radius 2 is 2.12 bits per heavy atom. The Morgan fingerprint density at radius 1 is 1.40 bits per heavy atom. The maximum absolute atomic E-state index is 12.0. The summed E-state index contributed by atoms with van der Waals surface area (Å²) in [5.41, 5.74) is 11.4. The Balaban J connectivity index is 1.78. The molecule has 0 bridgehead atoms. The number of nitrogen functional groups attached to an aromatic ring is 1. The second-order valence-corrected chi connectivity index (χ2v) is 5.08. The van der Waals surface area contributed by atoms with Crippen LogP contribution in [0.3, 0.4) is 0 Å². The molecule has 11 heteroatoms. The van der Waals surface area contributed by atoms with E-state index in [0.29, 0.717) is 5.69 Å². The van der Waals surface area contributed by atoms with Crippen molar-refractivity contribution in [2.24, 2.45) is 0 Å². The molecule has 0 aliphatic rings. The second-order valence-electron chi connectivity index (χ2n) is 5.08. The summed E-state index contributed by atoms with van der Waals surface area (Å²) in [4.78, 5) is 26.6. The fraction of sp³-hybridized carbons (Fsp3) is 0.143. The lowest BCUT2D eigenvalue weighted by atomic mass is 10.3. The number of methoxy groups -OCH3 is 1. The van der Waals surface area contributed by atoms with Gasteiger partial charge in [-0.3, -0.25) is 20.0 Å². The molecule has 0 saturated carbocycles. The van der Waals surface area contributed by atoms with Crippen molar-refractivity contribution in [2.45, 2.75) is 6.54 Å². The van der Waals surface area contributed by atoms with Crippen LogP contribution in [0.2, 0.25) is 0 Å². The number of H-pyrrole nitrogens is 1. The first-order valence-corrected chi connectivity index (χ1v) is 7.17. The first-order valence-electron chi connectivity index (χ1n) is 7.17. The largest absolute Gasteiger partial charge is 0.497 e. The number of ether oxygens (including phenoxy) is 1. The van der Waals surface area contributed by atoms with Gasteiger partial charge in [-0.05, 0) is 24.3 Å². The molecule has 11 nitrogen and oxygen atoms in total. The van der Waals surface area contributed by atoms with Gasteiger partial charge in [-0.15, -0.1) is 0 Å². The number of fused-ring (bicyclic) bond motifs is 1. The first-order chi connectivity index (χ1) is 12.0. The van der Waals surface area contributed by atoms with Crippen LogP contribution in [-0.2, 0) is 6.54 Å². The zero-order valence-electron chi connectivity index (χ0n) is 13.1. The predicted octanol–water partition coefficient (Wildman–Crippen LogP) is 0.638. The van der Waals surface area contributed by atoms with Gasteiger partial charge in [0.25, 0.3) is 5.56 Å². The fourth-order valence-electron chi connectivity index (χ4n) is 2.27. The van der Waals surface area contributed by atoms with E-state index < -0.39 is 16.2 Å². The summed E-state index contributed by atoms with van der Waals surface area (Å²) in [5, 5.41) is 13.5. The lowest BCUT2D eigenvalue weighted by Gasteiger charge is -2.08. The van der Waals surface area contributed by atoms with Crippen LogP contribution in [0.25, 0.3) is 5.65 Å². The average molecular weight is 345 g/mol. The summed E-state index contributed by atoms with van der Waals surface area (Å²) in [6.45, 7) is 0.167. The van der Waals surface area contributed by atoms with Crippen LogP contribution < -0.4 is 26.9 Å². The molecule has 0 spiro atoms. The number of aromatic amines is 1. The minimum atomic E-state index is -0.680. The lowest BCUT2D eigenvalue weighted by molar-refractivity contribution is -0.382. The molecular weight excluding hydrogens is 330 g/mol. The van der Waals surface area contributed by atoms with Crippen molar-refractivity contribution in [2.75, 3.05) is 18.3 Å². The van der Waals surface area contributed by atoms with Crippen LogP contribution in [0.5, 0.6) is 5.75 Å². The molecule has 1 aromatic carbocycles. The van der Waals surface area contributed by atoms with Gasteiger partial charge in [0, 0.05) is 11.8 Å². The lowest BCUT2D eigenvalue weighted by Crippen LogP contribution is -2.24. The van der Waals surface area contributed by atoms with Gasteiger partial charge in [-0.2, -0.15) is 4.52 Å². The minimum absolute atomic E-state index is 0.128. The van der Waals surface area contributed by atoms with Crippen LogP contribution in [0.15, 0.2) is 35.1 Å². The third kappa shape index (κ3) is 3.21. The molecule has 130 valence electrons. The number of benzene rings is 1. The molecule has 0 atom stereocenters. The van der Waals surface area contributed by atoms with E-state index in [4.69, 9.17) is 10.5 Å². The van der Waals surface area contributed by atoms with Gasteiger partial charge < -0.3 is 15.9 Å². The molecule has 25 heavy (non-hydrogen) atoms. The van der Waals surface area contributed by atoms with Crippen LogP contribution in [0.4, 0.5) is 17.2 Å². The topological polar surface area (TPSA) is 153 Å². The summed E-state index contributed by atoms with van der Waals surface area (Å²) in [5.74, 6) is 0.499. The van der Waals surface area contributed by atoms with Crippen molar-refractivity contribution < 1.29 is 9.66 Å². The number of hydrazine groups is 1. The van der Waals surface area contributed by atoms with Gasteiger partial charge in [-0.1, -0.05) is 0 Å². The molecule has 3 rings (SSSR count). The van der Waals surface area contributed by atoms with E-state index in [0.717, 1.165) is 16.0 Å². The highest BCUT2D eigenvalue weighted by atomic mass is 16.6. The highest BCUT2D eigenvalue weighted by molar-refractivity contribution is 5.71. The summed E-state index contributed by atoms with van der Waals surface area (Å²) in [6.07, 6.45) is 0. The van der Waals surface area contributed by atoms with Gasteiger partial charge in [0.15, 0.2) is 5.82 Å². The van der Waals surface area contributed by atoms with Gasteiger partial charge in [0.05, 0.1) is 24.3 Å². The van der Waals surface area contributed by atoms with E-state index in [9.17, 15) is 14.9 Å². The van der Waals surface area contributed by atoms with Crippen molar-refractivity contribution in [1.82, 2.24) is 20.0 Å². The van der Waals surface area contributed by atoms with E-state index in [-0.39, 0.29) is 18.0 Å². The van der Waals surface area contributed by atoms with Crippen LogP contribution in [0, 0.1) is 10.1 Å². The van der Waals surface area contributed by atoms with Crippen molar-refractivity contribution >= 4 is 22.8 Å². The number of rotatable bonds is 6.